The minimum absolute atomic E-state index is 0.00276. The number of methoxy groups -OCH3 is 1. The van der Waals surface area contributed by atoms with Gasteiger partial charge in [0.2, 0.25) is 5.91 Å². The molecule has 0 aliphatic carbocycles. The third-order valence-electron chi connectivity index (χ3n) is 3.99. The molecule has 0 unspecified atom stereocenters. The Labute approximate surface area is 148 Å². The molecular weight excluding hydrogens is 318 g/mol. The van der Waals surface area contributed by atoms with E-state index in [0.29, 0.717) is 0 Å². The van der Waals surface area contributed by atoms with Crippen LogP contribution in [0.5, 0.6) is 5.75 Å². The summed E-state index contributed by atoms with van der Waals surface area (Å²) in [4.78, 5) is 13.5. The SMILES string of the molecule is COc1ccc(S[C@@H](C)C(=O)N[C@H](C)c2ccc(C)cc2C)cc1. The lowest BCUT2D eigenvalue weighted by Crippen LogP contribution is -2.33. The van der Waals surface area contributed by atoms with Gasteiger partial charge in [-0.3, -0.25) is 4.79 Å². The van der Waals surface area contributed by atoms with Gasteiger partial charge in [-0.2, -0.15) is 0 Å². The van der Waals surface area contributed by atoms with Crippen LogP contribution in [0.3, 0.4) is 0 Å². The van der Waals surface area contributed by atoms with Crippen LogP contribution in [0.4, 0.5) is 0 Å². The van der Waals surface area contributed by atoms with Gasteiger partial charge < -0.3 is 10.1 Å². The standard InChI is InChI=1S/C20H25NO2S/c1-13-6-11-19(14(2)12-13)15(3)21-20(22)16(4)24-18-9-7-17(23-5)8-10-18/h6-12,15-16H,1-5H3,(H,21,22)/t15-,16+/m1/s1. The first-order chi connectivity index (χ1) is 11.4. The van der Waals surface area contributed by atoms with Gasteiger partial charge >= 0.3 is 0 Å². The van der Waals surface area contributed by atoms with Gasteiger partial charge in [0.25, 0.3) is 0 Å². The Morgan fingerprint density at radius 3 is 2.33 bits per heavy atom. The van der Waals surface area contributed by atoms with Crippen LogP contribution in [-0.2, 0) is 4.79 Å². The van der Waals surface area contributed by atoms with Crippen molar-refractivity contribution in [1.29, 1.82) is 0 Å². The molecule has 3 nitrogen and oxygen atoms in total. The van der Waals surface area contributed by atoms with Gasteiger partial charge in [0, 0.05) is 4.90 Å². The van der Waals surface area contributed by atoms with Crippen molar-refractivity contribution in [3.63, 3.8) is 0 Å². The summed E-state index contributed by atoms with van der Waals surface area (Å²) in [5.41, 5.74) is 3.60. The molecule has 1 amide bonds. The molecule has 0 heterocycles. The van der Waals surface area contributed by atoms with Crippen LogP contribution in [0.15, 0.2) is 47.4 Å². The van der Waals surface area contributed by atoms with Crippen molar-refractivity contribution in [2.45, 2.75) is 43.9 Å². The van der Waals surface area contributed by atoms with E-state index in [2.05, 4.69) is 37.4 Å². The predicted octanol–water partition coefficient (Wildman–Crippen LogP) is 4.67. The monoisotopic (exact) mass is 343 g/mol. The van der Waals surface area contributed by atoms with E-state index in [4.69, 9.17) is 4.74 Å². The number of hydrogen-bond donors (Lipinski definition) is 1. The quantitative estimate of drug-likeness (QED) is 0.775. The molecule has 2 aromatic rings. The Kier molecular flexibility index (Phi) is 6.32. The summed E-state index contributed by atoms with van der Waals surface area (Å²) in [6, 6.07) is 14.1. The molecular formula is C20H25NO2S. The lowest BCUT2D eigenvalue weighted by molar-refractivity contribution is -0.120. The second-order valence-corrected chi connectivity index (χ2v) is 7.44. The van der Waals surface area contributed by atoms with Crippen LogP contribution in [0, 0.1) is 13.8 Å². The summed E-state index contributed by atoms with van der Waals surface area (Å²) in [5, 5.41) is 2.95. The van der Waals surface area contributed by atoms with Gasteiger partial charge in [-0.05, 0) is 63.1 Å². The molecule has 0 aromatic heterocycles. The van der Waals surface area contributed by atoms with E-state index in [1.807, 2.05) is 38.1 Å². The zero-order chi connectivity index (χ0) is 17.7. The highest BCUT2D eigenvalue weighted by Crippen LogP contribution is 2.26. The molecule has 2 rings (SSSR count). The van der Waals surface area contributed by atoms with E-state index in [1.54, 1.807) is 18.9 Å². The van der Waals surface area contributed by atoms with E-state index in [0.717, 1.165) is 16.2 Å². The van der Waals surface area contributed by atoms with Gasteiger partial charge in [-0.1, -0.05) is 23.8 Å². The predicted molar refractivity (Wildman–Crippen MR) is 101 cm³/mol. The Morgan fingerprint density at radius 1 is 1.08 bits per heavy atom. The summed E-state index contributed by atoms with van der Waals surface area (Å²) in [7, 11) is 1.65. The molecule has 2 atom stereocenters. The minimum Gasteiger partial charge on any atom is -0.497 e. The smallest absolute Gasteiger partial charge is 0.233 e. The van der Waals surface area contributed by atoms with Crippen molar-refractivity contribution in [2.75, 3.05) is 7.11 Å². The summed E-state index contributed by atoms with van der Waals surface area (Å²) in [6.07, 6.45) is 0. The van der Waals surface area contributed by atoms with Crippen molar-refractivity contribution >= 4 is 17.7 Å². The highest BCUT2D eigenvalue weighted by molar-refractivity contribution is 8.00. The Hall–Kier alpha value is -1.94. The second kappa shape index (κ2) is 8.25. The van der Waals surface area contributed by atoms with Crippen LogP contribution in [0.25, 0.3) is 0 Å². The molecule has 0 bridgehead atoms. The molecule has 4 heteroatoms. The third-order valence-corrected chi connectivity index (χ3v) is 5.10. The minimum atomic E-state index is -0.161. The molecule has 0 spiro atoms. The lowest BCUT2D eigenvalue weighted by atomic mass is 10.0. The Bertz CT molecular complexity index is 697. The molecule has 2 aromatic carbocycles. The molecule has 0 aliphatic heterocycles. The Balaban J connectivity index is 1.97. The molecule has 0 fully saturated rings. The Morgan fingerprint density at radius 2 is 1.75 bits per heavy atom. The third kappa shape index (κ3) is 4.78. The van der Waals surface area contributed by atoms with Gasteiger partial charge in [-0.25, -0.2) is 0 Å². The molecule has 0 saturated heterocycles. The van der Waals surface area contributed by atoms with Crippen LogP contribution < -0.4 is 10.1 Å². The van der Waals surface area contributed by atoms with Gasteiger partial charge in [0.1, 0.15) is 5.75 Å². The summed E-state index contributed by atoms with van der Waals surface area (Å²) >= 11 is 1.55. The zero-order valence-electron chi connectivity index (χ0n) is 14.9. The highest BCUT2D eigenvalue weighted by Gasteiger charge is 2.18. The molecule has 1 N–H and O–H groups in total. The maximum Gasteiger partial charge on any atom is 0.233 e. The number of amides is 1. The average Bonchev–Trinajstić information content (AvgIpc) is 2.55. The van der Waals surface area contributed by atoms with E-state index >= 15 is 0 Å². The number of thioether (sulfide) groups is 1. The van der Waals surface area contributed by atoms with Crippen LogP contribution >= 0.6 is 11.8 Å². The van der Waals surface area contributed by atoms with Crippen molar-refractivity contribution in [3.05, 3.63) is 59.2 Å². The van der Waals surface area contributed by atoms with Crippen LogP contribution in [0.2, 0.25) is 0 Å². The van der Waals surface area contributed by atoms with E-state index in [9.17, 15) is 4.79 Å². The number of ether oxygens (including phenoxy) is 1. The zero-order valence-corrected chi connectivity index (χ0v) is 15.7. The van der Waals surface area contributed by atoms with Gasteiger partial charge in [0.05, 0.1) is 18.4 Å². The van der Waals surface area contributed by atoms with Crippen molar-refractivity contribution < 1.29 is 9.53 Å². The van der Waals surface area contributed by atoms with Crippen molar-refractivity contribution in [3.8, 4) is 5.75 Å². The normalized spacial score (nSPS) is 13.2. The first-order valence-electron chi connectivity index (χ1n) is 8.09. The summed E-state index contributed by atoms with van der Waals surface area (Å²) < 4.78 is 5.15. The second-order valence-electron chi connectivity index (χ2n) is 6.03. The van der Waals surface area contributed by atoms with Crippen LogP contribution in [0.1, 0.15) is 36.6 Å². The molecule has 24 heavy (non-hydrogen) atoms. The maximum absolute atomic E-state index is 12.5. The number of benzene rings is 2. The first kappa shape index (κ1) is 18.4. The fraction of sp³-hybridized carbons (Fsp3) is 0.350. The van der Waals surface area contributed by atoms with E-state index in [1.165, 1.54) is 11.1 Å². The fourth-order valence-electron chi connectivity index (χ4n) is 2.63. The van der Waals surface area contributed by atoms with Gasteiger partial charge in [0.15, 0.2) is 0 Å². The van der Waals surface area contributed by atoms with Crippen molar-refractivity contribution in [1.82, 2.24) is 5.32 Å². The van der Waals surface area contributed by atoms with Crippen LogP contribution in [-0.4, -0.2) is 18.3 Å². The largest absolute Gasteiger partial charge is 0.497 e. The fourth-order valence-corrected chi connectivity index (χ4v) is 3.51. The number of carbonyl (C=O) groups excluding carboxylic acids is 1. The lowest BCUT2D eigenvalue weighted by Gasteiger charge is -2.19. The number of aryl methyl sites for hydroxylation is 2. The van der Waals surface area contributed by atoms with Gasteiger partial charge in [-0.15, -0.1) is 11.8 Å². The molecule has 0 aliphatic rings. The highest BCUT2D eigenvalue weighted by atomic mass is 32.2. The first-order valence-corrected chi connectivity index (χ1v) is 8.97. The molecule has 0 radical (unpaired) electrons. The molecule has 0 saturated carbocycles. The number of carbonyl (C=O) groups is 1. The summed E-state index contributed by atoms with van der Waals surface area (Å²) in [5.74, 6) is 0.864. The maximum atomic E-state index is 12.5. The number of nitrogens with one attached hydrogen (secondary N) is 1. The van der Waals surface area contributed by atoms with E-state index in [-0.39, 0.29) is 17.2 Å². The topological polar surface area (TPSA) is 38.3 Å². The number of hydrogen-bond acceptors (Lipinski definition) is 3. The molecule has 128 valence electrons. The summed E-state index contributed by atoms with van der Waals surface area (Å²) in [6.45, 7) is 8.12. The van der Waals surface area contributed by atoms with Crippen molar-refractivity contribution in [2.24, 2.45) is 0 Å². The van der Waals surface area contributed by atoms with E-state index < -0.39 is 0 Å². The average molecular weight is 343 g/mol. The number of rotatable bonds is 6.